The smallest absolute Gasteiger partial charge is 0.326 e. The number of carboxylic acid groups (broad SMARTS) is 1. The maximum absolute atomic E-state index is 11.8. The Morgan fingerprint density at radius 1 is 1.17 bits per heavy atom. The topological polar surface area (TPSA) is 142 Å². The van der Waals surface area contributed by atoms with Gasteiger partial charge in [0.05, 0.1) is 12.6 Å². The number of benzene rings is 1. The number of amides is 2. The van der Waals surface area contributed by atoms with Gasteiger partial charge in [-0.15, -0.1) is 0 Å². The third kappa shape index (κ3) is 6.25. The van der Waals surface area contributed by atoms with Crippen molar-refractivity contribution in [2.75, 3.05) is 6.54 Å². The van der Waals surface area contributed by atoms with Crippen molar-refractivity contribution >= 4 is 17.8 Å². The van der Waals surface area contributed by atoms with Crippen LogP contribution in [0.4, 0.5) is 0 Å². The minimum atomic E-state index is -1.19. The number of nitrogens with one attached hydrogen (secondary N) is 2. The molecule has 1 aromatic carbocycles. The quantitative estimate of drug-likeness (QED) is 0.437. The van der Waals surface area contributed by atoms with E-state index >= 15 is 0 Å². The fraction of sp³-hybridized carbons (Fsp3) is 0.438. The Morgan fingerprint density at radius 2 is 1.75 bits per heavy atom. The van der Waals surface area contributed by atoms with Crippen molar-refractivity contribution < 1.29 is 24.6 Å². The molecule has 0 spiro atoms. The van der Waals surface area contributed by atoms with Crippen LogP contribution in [-0.2, 0) is 20.8 Å². The van der Waals surface area contributed by atoms with Gasteiger partial charge >= 0.3 is 5.97 Å². The van der Waals surface area contributed by atoms with Gasteiger partial charge in [0.15, 0.2) is 0 Å². The zero-order valence-corrected chi connectivity index (χ0v) is 13.7. The maximum atomic E-state index is 11.8. The molecule has 0 heterocycles. The van der Waals surface area contributed by atoms with Crippen LogP contribution >= 0.6 is 0 Å². The third-order valence-corrected chi connectivity index (χ3v) is 3.45. The largest absolute Gasteiger partial charge is 0.508 e. The van der Waals surface area contributed by atoms with Crippen LogP contribution in [0.3, 0.4) is 0 Å². The lowest BCUT2D eigenvalue weighted by molar-refractivity contribution is -0.141. The van der Waals surface area contributed by atoms with Crippen LogP contribution in [0.2, 0.25) is 0 Å². The number of nitrogens with two attached hydrogens (primary N) is 1. The predicted molar refractivity (Wildman–Crippen MR) is 87.2 cm³/mol. The summed E-state index contributed by atoms with van der Waals surface area (Å²) in [5.74, 6) is -2.29. The predicted octanol–water partition coefficient (Wildman–Crippen LogP) is -0.396. The summed E-state index contributed by atoms with van der Waals surface area (Å²) in [6.07, 6.45) is 0.0564. The van der Waals surface area contributed by atoms with Crippen molar-refractivity contribution in [3.05, 3.63) is 29.8 Å². The molecule has 0 aromatic heterocycles. The van der Waals surface area contributed by atoms with Crippen LogP contribution in [0.5, 0.6) is 5.75 Å². The van der Waals surface area contributed by atoms with E-state index in [0.717, 1.165) is 0 Å². The number of aliphatic carboxylic acids is 1. The standard InChI is InChI=1S/C16H23N3O5/c1-9(2)14(17)15(22)18-8-13(21)19-12(16(23)24)7-10-3-5-11(20)6-4-10/h3-6,9,12,14,20H,7-8,17H2,1-2H3,(H,18,22)(H,19,21)(H,23,24). The highest BCUT2D eigenvalue weighted by molar-refractivity contribution is 5.89. The normalized spacial score (nSPS) is 13.2. The molecule has 0 aliphatic rings. The summed E-state index contributed by atoms with van der Waals surface area (Å²) in [5, 5.41) is 23.1. The number of rotatable bonds is 8. The number of carboxylic acids is 1. The molecule has 0 bridgehead atoms. The van der Waals surface area contributed by atoms with Crippen molar-refractivity contribution in [3.63, 3.8) is 0 Å². The molecule has 24 heavy (non-hydrogen) atoms. The first-order chi connectivity index (χ1) is 11.2. The van der Waals surface area contributed by atoms with Crippen LogP contribution in [0.25, 0.3) is 0 Å². The minimum Gasteiger partial charge on any atom is -0.508 e. The molecule has 6 N–H and O–H groups in total. The Balaban J connectivity index is 2.55. The molecule has 0 radical (unpaired) electrons. The summed E-state index contributed by atoms with van der Waals surface area (Å²) in [7, 11) is 0. The van der Waals surface area contributed by atoms with Gasteiger partial charge in [-0.25, -0.2) is 4.79 Å². The van der Waals surface area contributed by atoms with Crippen LogP contribution in [0.15, 0.2) is 24.3 Å². The lowest BCUT2D eigenvalue weighted by Gasteiger charge is -2.17. The van der Waals surface area contributed by atoms with Crippen LogP contribution in [0.1, 0.15) is 19.4 Å². The summed E-state index contributed by atoms with van der Waals surface area (Å²) >= 11 is 0. The molecule has 2 amide bonds. The van der Waals surface area contributed by atoms with E-state index in [1.165, 1.54) is 12.1 Å². The highest BCUT2D eigenvalue weighted by Crippen LogP contribution is 2.11. The molecule has 8 heteroatoms. The van der Waals surface area contributed by atoms with Crippen molar-refractivity contribution in [2.45, 2.75) is 32.4 Å². The van der Waals surface area contributed by atoms with Crippen LogP contribution in [0, 0.1) is 5.92 Å². The molecule has 0 aliphatic carbocycles. The van der Waals surface area contributed by atoms with E-state index < -0.39 is 29.9 Å². The fourth-order valence-corrected chi connectivity index (χ4v) is 1.90. The first-order valence-corrected chi connectivity index (χ1v) is 7.54. The zero-order valence-electron chi connectivity index (χ0n) is 13.7. The van der Waals surface area contributed by atoms with Gasteiger partial charge in [0.25, 0.3) is 0 Å². The summed E-state index contributed by atoms with van der Waals surface area (Å²) in [5.41, 5.74) is 6.30. The molecule has 1 rings (SSSR count). The van der Waals surface area contributed by atoms with Gasteiger partial charge in [0, 0.05) is 6.42 Å². The minimum absolute atomic E-state index is 0.0564. The number of phenolic OH excluding ortho intramolecular Hbond substituents is 1. The highest BCUT2D eigenvalue weighted by atomic mass is 16.4. The Hall–Kier alpha value is -2.61. The summed E-state index contributed by atoms with van der Waals surface area (Å²) in [6, 6.07) is 4.14. The van der Waals surface area contributed by atoms with E-state index in [9.17, 15) is 24.6 Å². The second-order valence-corrected chi connectivity index (χ2v) is 5.82. The molecule has 0 saturated carbocycles. The lowest BCUT2D eigenvalue weighted by atomic mass is 10.0. The molecule has 8 nitrogen and oxygen atoms in total. The SMILES string of the molecule is CC(C)C(N)C(=O)NCC(=O)NC(Cc1ccc(O)cc1)C(=O)O. The maximum Gasteiger partial charge on any atom is 0.326 e. The molecule has 0 aliphatic heterocycles. The summed E-state index contributed by atoms with van der Waals surface area (Å²) in [4.78, 5) is 34.8. The average molecular weight is 337 g/mol. The summed E-state index contributed by atoms with van der Waals surface area (Å²) in [6.45, 7) is 3.21. The number of aromatic hydroxyl groups is 1. The lowest BCUT2D eigenvalue weighted by Crippen LogP contribution is -2.50. The number of phenols is 1. The van der Waals surface area contributed by atoms with E-state index in [0.29, 0.717) is 5.56 Å². The molecular formula is C16H23N3O5. The first-order valence-electron chi connectivity index (χ1n) is 7.54. The van der Waals surface area contributed by atoms with Gasteiger partial charge < -0.3 is 26.6 Å². The van der Waals surface area contributed by atoms with Crippen molar-refractivity contribution in [3.8, 4) is 5.75 Å². The average Bonchev–Trinajstić information content (AvgIpc) is 2.52. The van der Waals surface area contributed by atoms with E-state index in [1.54, 1.807) is 26.0 Å². The van der Waals surface area contributed by atoms with Crippen LogP contribution < -0.4 is 16.4 Å². The third-order valence-electron chi connectivity index (χ3n) is 3.45. The molecule has 2 unspecified atom stereocenters. The number of carbonyl (C=O) groups is 3. The molecule has 132 valence electrons. The Morgan fingerprint density at radius 3 is 2.25 bits per heavy atom. The van der Waals surface area contributed by atoms with Gasteiger partial charge in [-0.05, 0) is 23.6 Å². The fourth-order valence-electron chi connectivity index (χ4n) is 1.90. The summed E-state index contributed by atoms with van der Waals surface area (Å²) < 4.78 is 0. The van der Waals surface area contributed by atoms with Crippen LogP contribution in [-0.4, -0.2) is 46.6 Å². The molecule has 0 saturated heterocycles. The number of hydrogen-bond acceptors (Lipinski definition) is 5. The Kier molecular flexibility index (Phi) is 7.19. The highest BCUT2D eigenvalue weighted by Gasteiger charge is 2.22. The first kappa shape index (κ1) is 19.4. The van der Waals surface area contributed by atoms with E-state index in [2.05, 4.69) is 10.6 Å². The van der Waals surface area contributed by atoms with Crippen molar-refractivity contribution in [1.82, 2.24) is 10.6 Å². The molecule has 1 aromatic rings. The second-order valence-electron chi connectivity index (χ2n) is 5.82. The second kappa shape index (κ2) is 8.88. The van der Waals surface area contributed by atoms with E-state index in [-0.39, 0.29) is 24.6 Å². The number of carbonyl (C=O) groups excluding carboxylic acids is 2. The van der Waals surface area contributed by atoms with E-state index in [4.69, 9.17) is 5.73 Å². The van der Waals surface area contributed by atoms with Gasteiger partial charge in [0.2, 0.25) is 11.8 Å². The van der Waals surface area contributed by atoms with Gasteiger partial charge in [-0.2, -0.15) is 0 Å². The van der Waals surface area contributed by atoms with Crippen molar-refractivity contribution in [2.24, 2.45) is 11.7 Å². The Labute approximate surface area is 140 Å². The number of hydrogen-bond donors (Lipinski definition) is 5. The van der Waals surface area contributed by atoms with Gasteiger partial charge in [-0.1, -0.05) is 26.0 Å². The molecule has 2 atom stereocenters. The Bertz CT molecular complexity index is 586. The van der Waals surface area contributed by atoms with Gasteiger partial charge in [-0.3, -0.25) is 9.59 Å². The molecular weight excluding hydrogens is 314 g/mol. The van der Waals surface area contributed by atoms with E-state index in [1.807, 2.05) is 0 Å². The van der Waals surface area contributed by atoms with Crippen molar-refractivity contribution in [1.29, 1.82) is 0 Å². The van der Waals surface area contributed by atoms with Gasteiger partial charge in [0.1, 0.15) is 11.8 Å². The molecule has 0 fully saturated rings. The zero-order chi connectivity index (χ0) is 18.3. The monoisotopic (exact) mass is 337 g/mol.